The monoisotopic (exact) mass is 798 g/mol. The summed E-state index contributed by atoms with van der Waals surface area (Å²) in [6, 6.07) is 4.03. The number of hydrogen-bond acceptors (Lipinski definition) is 7. The van der Waals surface area contributed by atoms with Crippen LogP contribution in [0.2, 0.25) is 0 Å². The van der Waals surface area contributed by atoms with E-state index in [1.54, 1.807) is 42.2 Å². The van der Waals surface area contributed by atoms with Crippen LogP contribution < -0.4 is 10.0 Å². The molecule has 0 saturated carbocycles. The molecule has 54 heavy (non-hydrogen) atoms. The van der Waals surface area contributed by atoms with E-state index in [4.69, 9.17) is 0 Å². The van der Waals surface area contributed by atoms with Gasteiger partial charge in [0.1, 0.15) is 29.8 Å². The van der Waals surface area contributed by atoms with Crippen LogP contribution in [0.1, 0.15) is 89.7 Å². The number of hydrogen-bond donors (Lipinski definition) is 2. The summed E-state index contributed by atoms with van der Waals surface area (Å²) in [5, 5.41) is 10.9. The molecule has 2 aliphatic rings. The average Bonchev–Trinajstić information content (AvgIpc) is 3.39. The van der Waals surface area contributed by atoms with Crippen LogP contribution in [0.4, 0.5) is 28.9 Å². The molecule has 0 radical (unpaired) electrons. The topological polar surface area (TPSA) is 155 Å². The van der Waals surface area contributed by atoms with E-state index in [0.717, 1.165) is 12.1 Å². The van der Waals surface area contributed by atoms with Crippen LogP contribution in [0.25, 0.3) is 0 Å². The predicted molar refractivity (Wildman–Crippen MR) is 196 cm³/mol. The molecule has 2 heterocycles. The number of carbonyl (C=O) groups is 1. The zero-order valence-corrected chi connectivity index (χ0v) is 32.1. The Labute approximate surface area is 314 Å². The van der Waals surface area contributed by atoms with Crippen LogP contribution in [0.5, 0.6) is 0 Å². The van der Waals surface area contributed by atoms with E-state index in [9.17, 15) is 44.6 Å². The lowest BCUT2D eigenvalue weighted by atomic mass is 9.77. The highest BCUT2D eigenvalue weighted by molar-refractivity contribution is 7.86. The zero-order valence-electron chi connectivity index (χ0n) is 30.5. The van der Waals surface area contributed by atoms with Gasteiger partial charge in [0.2, 0.25) is 5.69 Å². The van der Waals surface area contributed by atoms with Crippen molar-refractivity contribution in [1.29, 1.82) is 0 Å². The van der Waals surface area contributed by atoms with Gasteiger partial charge in [-0.25, -0.2) is 17.6 Å². The molecule has 16 heteroatoms. The van der Waals surface area contributed by atoms with E-state index in [-0.39, 0.29) is 56.3 Å². The number of unbranched alkanes of at least 4 members (excludes halogenated alkanes) is 4. The van der Waals surface area contributed by atoms with Gasteiger partial charge in [0.05, 0.1) is 28.2 Å². The van der Waals surface area contributed by atoms with Crippen molar-refractivity contribution < 1.29 is 58.0 Å². The SMILES string of the molecule is CC1(C)C(C=CC=CC=C2N(CCCCS(=O)(=O)O)c3cc(F)cc(F)c3C2(C)CCCCS(=O)(=O)O)=[N+](CCCCCC(=O)[O-])c2cc(F)cc(F)c21. The maximum absolute atomic E-state index is 15.6. The van der Waals surface area contributed by atoms with Crippen molar-refractivity contribution in [1.82, 2.24) is 0 Å². The summed E-state index contributed by atoms with van der Waals surface area (Å²) in [6.07, 6.45) is 10.7. The van der Waals surface area contributed by atoms with Crippen molar-refractivity contribution in [3.8, 4) is 0 Å². The fourth-order valence-corrected chi connectivity index (χ4v) is 8.70. The van der Waals surface area contributed by atoms with Crippen LogP contribution in [0, 0.1) is 23.3 Å². The maximum atomic E-state index is 15.6. The van der Waals surface area contributed by atoms with Crippen molar-refractivity contribution >= 4 is 43.3 Å². The third-order valence-corrected chi connectivity index (χ3v) is 11.6. The molecule has 1 atom stereocenters. The molecule has 0 fully saturated rings. The van der Waals surface area contributed by atoms with Gasteiger partial charge in [-0.15, -0.1) is 0 Å². The first kappa shape index (κ1) is 42.9. The molecular weight excluding hydrogens is 753 g/mol. The van der Waals surface area contributed by atoms with E-state index in [1.807, 2.05) is 18.4 Å². The molecule has 4 rings (SSSR count). The first-order chi connectivity index (χ1) is 25.2. The molecule has 296 valence electrons. The Bertz CT molecular complexity index is 2100. The molecule has 1 unspecified atom stereocenters. The quantitative estimate of drug-likeness (QED) is 0.0538. The number of carbonyl (C=O) groups excluding carboxylic acids is 1. The normalized spacial score (nSPS) is 19.1. The number of benzene rings is 2. The van der Waals surface area contributed by atoms with Gasteiger partial charge in [-0.3, -0.25) is 9.11 Å². The number of allylic oxidation sites excluding steroid dienone is 6. The largest absolute Gasteiger partial charge is 0.550 e. The van der Waals surface area contributed by atoms with Crippen molar-refractivity contribution in [3.05, 3.63) is 94.7 Å². The minimum Gasteiger partial charge on any atom is -0.550 e. The minimum absolute atomic E-state index is 0.0634. The van der Waals surface area contributed by atoms with Gasteiger partial charge in [0, 0.05) is 59.9 Å². The molecule has 2 aromatic carbocycles. The van der Waals surface area contributed by atoms with Crippen LogP contribution in [-0.4, -0.2) is 66.8 Å². The first-order valence-corrected chi connectivity index (χ1v) is 20.9. The molecule has 0 saturated heterocycles. The number of carboxylic acids is 1. The van der Waals surface area contributed by atoms with Gasteiger partial charge in [-0.2, -0.15) is 21.4 Å². The number of nitrogens with zero attached hydrogens (tertiary/aromatic N) is 2. The van der Waals surface area contributed by atoms with Crippen molar-refractivity contribution in [2.75, 3.05) is 29.5 Å². The second-order valence-corrected chi connectivity index (χ2v) is 17.6. The van der Waals surface area contributed by atoms with Crippen LogP contribution in [0.3, 0.4) is 0 Å². The van der Waals surface area contributed by atoms with E-state index < -0.39 is 71.8 Å². The highest BCUT2D eigenvalue weighted by atomic mass is 32.2. The Morgan fingerprint density at radius 3 is 2.04 bits per heavy atom. The smallest absolute Gasteiger partial charge is 0.264 e. The van der Waals surface area contributed by atoms with E-state index in [1.165, 1.54) is 12.1 Å². The summed E-state index contributed by atoms with van der Waals surface area (Å²) in [6.45, 7) is 5.85. The third-order valence-electron chi connectivity index (χ3n) is 9.97. The van der Waals surface area contributed by atoms with E-state index in [0.29, 0.717) is 48.5 Å². The Morgan fingerprint density at radius 2 is 1.41 bits per heavy atom. The second-order valence-electron chi connectivity index (χ2n) is 14.4. The lowest BCUT2D eigenvalue weighted by molar-refractivity contribution is -0.438. The Hall–Kier alpha value is -3.86. The Morgan fingerprint density at radius 1 is 0.796 bits per heavy atom. The molecule has 0 aromatic heterocycles. The fraction of sp³-hybridized carbons (Fsp3) is 0.474. The molecule has 0 spiro atoms. The number of fused-ring (bicyclic) bond motifs is 2. The Balaban J connectivity index is 1.71. The summed E-state index contributed by atoms with van der Waals surface area (Å²) in [4.78, 5) is 12.5. The highest BCUT2D eigenvalue weighted by Crippen LogP contribution is 2.52. The number of carboxylic acid groups (broad SMARTS) is 1. The Kier molecular flexibility index (Phi) is 13.7. The van der Waals surface area contributed by atoms with Gasteiger partial charge >= 0.3 is 0 Å². The maximum Gasteiger partial charge on any atom is 0.264 e. The summed E-state index contributed by atoms with van der Waals surface area (Å²) in [5.74, 6) is -5.25. The highest BCUT2D eigenvalue weighted by Gasteiger charge is 2.47. The molecule has 0 aliphatic carbocycles. The van der Waals surface area contributed by atoms with Gasteiger partial charge < -0.3 is 14.8 Å². The molecule has 2 aromatic rings. The van der Waals surface area contributed by atoms with E-state index >= 15 is 8.78 Å². The molecular formula is C38H46F4N2O8S2. The number of anilines is 1. The summed E-state index contributed by atoms with van der Waals surface area (Å²) >= 11 is 0. The van der Waals surface area contributed by atoms with Crippen molar-refractivity contribution in [2.24, 2.45) is 0 Å². The first-order valence-electron chi connectivity index (χ1n) is 17.7. The van der Waals surface area contributed by atoms with Crippen LogP contribution in [0.15, 0.2) is 60.3 Å². The fourth-order valence-electron chi connectivity index (χ4n) is 7.56. The number of halogens is 4. The summed E-state index contributed by atoms with van der Waals surface area (Å²) in [5.41, 5.74) is 0.268. The molecule has 0 bridgehead atoms. The second kappa shape index (κ2) is 17.3. The van der Waals surface area contributed by atoms with Gasteiger partial charge in [0.15, 0.2) is 5.71 Å². The predicted octanol–water partition coefficient (Wildman–Crippen LogP) is 6.43. The lowest BCUT2D eigenvalue weighted by Gasteiger charge is -2.30. The molecule has 0 amide bonds. The van der Waals surface area contributed by atoms with Crippen molar-refractivity contribution in [3.63, 3.8) is 0 Å². The number of rotatable bonds is 19. The standard InChI is InChI=1S/C38H46F4N2O8S2/c1-37(2)32(43(18-10-5-8-16-34(45)46)30-24-26(39)22-28(41)35(30)37)14-6-4-7-15-33-38(3,17-9-12-20-53(47,48)49)36-29(42)23-27(40)25-31(36)44(33)19-11-13-21-54(50,51)52/h4,6-7,14-15,22-25H,5,8-13,16-21H2,1-3H3,(H2-,45,46,47,48,49,50,51,52). The van der Waals surface area contributed by atoms with Gasteiger partial charge in [-0.1, -0.05) is 24.6 Å². The lowest BCUT2D eigenvalue weighted by Crippen LogP contribution is -2.30. The minimum atomic E-state index is -4.24. The summed E-state index contributed by atoms with van der Waals surface area (Å²) < 4.78 is 126. The molecule has 10 nitrogen and oxygen atoms in total. The average molecular weight is 799 g/mol. The van der Waals surface area contributed by atoms with E-state index in [2.05, 4.69) is 0 Å². The summed E-state index contributed by atoms with van der Waals surface area (Å²) in [7, 11) is -8.48. The van der Waals surface area contributed by atoms with Crippen LogP contribution in [-0.2, 0) is 35.9 Å². The number of aliphatic carboxylic acids is 1. The van der Waals surface area contributed by atoms with Crippen LogP contribution >= 0.6 is 0 Å². The molecule has 2 N–H and O–H groups in total. The van der Waals surface area contributed by atoms with Gasteiger partial charge in [0.25, 0.3) is 20.2 Å². The zero-order chi connectivity index (χ0) is 40.1. The molecule has 2 aliphatic heterocycles. The third kappa shape index (κ3) is 10.5. The van der Waals surface area contributed by atoms with Crippen molar-refractivity contribution in [2.45, 2.75) is 89.4 Å². The van der Waals surface area contributed by atoms with Gasteiger partial charge in [-0.05, 0) is 77.9 Å².